The standard InChI is InChI=1S/C15H12N2/c16-14-9-8-12(11-5-2-1-3-6-11)15-13(14)7-4-10-17-15/h1-10H,16H2. The SMILES string of the molecule is Nc1ccc(-c2ccccc2)c2ncccc12. The van der Waals surface area contributed by atoms with Gasteiger partial charge in [-0.05, 0) is 23.8 Å². The van der Waals surface area contributed by atoms with Crippen molar-refractivity contribution in [3.63, 3.8) is 0 Å². The van der Waals surface area contributed by atoms with Gasteiger partial charge in [-0.25, -0.2) is 0 Å². The van der Waals surface area contributed by atoms with Gasteiger partial charge in [0.25, 0.3) is 0 Å². The van der Waals surface area contributed by atoms with E-state index in [2.05, 4.69) is 17.1 Å². The molecular formula is C15H12N2. The molecule has 3 rings (SSSR count). The molecule has 0 aliphatic heterocycles. The van der Waals surface area contributed by atoms with E-state index in [-0.39, 0.29) is 0 Å². The molecule has 0 fully saturated rings. The number of fused-ring (bicyclic) bond motifs is 1. The minimum absolute atomic E-state index is 0.771. The van der Waals surface area contributed by atoms with E-state index in [1.165, 1.54) is 0 Å². The Morgan fingerprint density at radius 3 is 2.47 bits per heavy atom. The van der Waals surface area contributed by atoms with Crippen LogP contribution in [-0.2, 0) is 0 Å². The Kier molecular flexibility index (Phi) is 2.26. The summed E-state index contributed by atoms with van der Waals surface area (Å²) < 4.78 is 0. The van der Waals surface area contributed by atoms with Crippen molar-refractivity contribution in [2.75, 3.05) is 5.73 Å². The third-order valence-corrected chi connectivity index (χ3v) is 2.89. The summed E-state index contributed by atoms with van der Waals surface area (Å²) in [5.74, 6) is 0. The largest absolute Gasteiger partial charge is 0.398 e. The second-order valence-electron chi connectivity index (χ2n) is 3.97. The third-order valence-electron chi connectivity index (χ3n) is 2.89. The maximum atomic E-state index is 5.96. The van der Waals surface area contributed by atoms with E-state index in [4.69, 9.17) is 5.73 Å². The van der Waals surface area contributed by atoms with Crippen LogP contribution < -0.4 is 5.73 Å². The summed E-state index contributed by atoms with van der Waals surface area (Å²) in [6.45, 7) is 0. The maximum Gasteiger partial charge on any atom is 0.0800 e. The van der Waals surface area contributed by atoms with Gasteiger partial charge in [0.1, 0.15) is 0 Å². The molecule has 2 heteroatoms. The Labute approximate surface area is 99.7 Å². The number of nitrogens with two attached hydrogens (primary N) is 1. The van der Waals surface area contributed by atoms with E-state index in [1.807, 2.05) is 42.5 Å². The molecule has 0 saturated carbocycles. The lowest BCUT2D eigenvalue weighted by Gasteiger charge is -2.07. The summed E-state index contributed by atoms with van der Waals surface area (Å²) in [7, 11) is 0. The molecule has 0 unspecified atom stereocenters. The second kappa shape index (κ2) is 3.91. The lowest BCUT2D eigenvalue weighted by atomic mass is 10.0. The first-order chi connectivity index (χ1) is 8.36. The molecule has 2 nitrogen and oxygen atoms in total. The van der Waals surface area contributed by atoms with Crippen LogP contribution in [0, 0.1) is 0 Å². The number of nitrogens with zero attached hydrogens (tertiary/aromatic N) is 1. The zero-order chi connectivity index (χ0) is 11.7. The van der Waals surface area contributed by atoms with Gasteiger partial charge in [-0.15, -0.1) is 0 Å². The van der Waals surface area contributed by atoms with Gasteiger partial charge < -0.3 is 5.73 Å². The van der Waals surface area contributed by atoms with Gasteiger partial charge in [0, 0.05) is 22.8 Å². The Hall–Kier alpha value is -2.35. The summed E-state index contributed by atoms with van der Waals surface area (Å²) in [6.07, 6.45) is 1.80. The Morgan fingerprint density at radius 2 is 1.65 bits per heavy atom. The molecule has 0 atom stereocenters. The van der Waals surface area contributed by atoms with E-state index >= 15 is 0 Å². The molecule has 2 aromatic carbocycles. The number of benzene rings is 2. The summed E-state index contributed by atoms with van der Waals surface area (Å²) in [5, 5.41) is 1.01. The van der Waals surface area contributed by atoms with Gasteiger partial charge in [-0.2, -0.15) is 0 Å². The molecule has 0 aliphatic carbocycles. The van der Waals surface area contributed by atoms with Crippen molar-refractivity contribution in [1.82, 2.24) is 4.98 Å². The van der Waals surface area contributed by atoms with Crippen LogP contribution in [0.1, 0.15) is 0 Å². The van der Waals surface area contributed by atoms with Crippen LogP contribution in [0.5, 0.6) is 0 Å². The first kappa shape index (κ1) is 9.85. The van der Waals surface area contributed by atoms with E-state index in [1.54, 1.807) is 6.20 Å². The van der Waals surface area contributed by atoms with Crippen molar-refractivity contribution < 1.29 is 0 Å². The average Bonchev–Trinajstić information content (AvgIpc) is 2.41. The van der Waals surface area contributed by atoms with Crippen molar-refractivity contribution in [1.29, 1.82) is 0 Å². The summed E-state index contributed by atoms with van der Waals surface area (Å²) in [4.78, 5) is 4.44. The number of anilines is 1. The highest BCUT2D eigenvalue weighted by molar-refractivity contribution is 6.00. The van der Waals surface area contributed by atoms with Crippen LogP contribution >= 0.6 is 0 Å². The van der Waals surface area contributed by atoms with Crippen LogP contribution in [0.4, 0.5) is 5.69 Å². The topological polar surface area (TPSA) is 38.9 Å². The van der Waals surface area contributed by atoms with E-state index in [0.29, 0.717) is 0 Å². The van der Waals surface area contributed by atoms with Gasteiger partial charge in [-0.1, -0.05) is 36.4 Å². The summed E-state index contributed by atoms with van der Waals surface area (Å²) >= 11 is 0. The molecule has 0 bridgehead atoms. The Bertz CT molecular complexity index is 660. The molecule has 1 heterocycles. The van der Waals surface area contributed by atoms with Gasteiger partial charge >= 0.3 is 0 Å². The van der Waals surface area contributed by atoms with Crippen molar-refractivity contribution in [2.24, 2.45) is 0 Å². The number of hydrogen-bond donors (Lipinski definition) is 1. The molecular weight excluding hydrogens is 208 g/mol. The van der Waals surface area contributed by atoms with Gasteiger partial charge in [0.05, 0.1) is 5.52 Å². The second-order valence-corrected chi connectivity index (χ2v) is 3.97. The molecule has 3 aromatic rings. The minimum atomic E-state index is 0.771. The fourth-order valence-electron chi connectivity index (χ4n) is 2.05. The molecule has 0 radical (unpaired) electrons. The first-order valence-corrected chi connectivity index (χ1v) is 5.55. The fourth-order valence-corrected chi connectivity index (χ4v) is 2.05. The number of rotatable bonds is 1. The molecule has 0 amide bonds. The number of hydrogen-bond acceptors (Lipinski definition) is 2. The summed E-state index contributed by atoms with van der Waals surface area (Å²) in [6, 6.07) is 18.1. The smallest absolute Gasteiger partial charge is 0.0800 e. The number of aromatic nitrogens is 1. The number of pyridine rings is 1. The van der Waals surface area contributed by atoms with Crippen LogP contribution in [0.3, 0.4) is 0 Å². The first-order valence-electron chi connectivity index (χ1n) is 5.55. The average molecular weight is 220 g/mol. The molecule has 82 valence electrons. The van der Waals surface area contributed by atoms with E-state index < -0.39 is 0 Å². The molecule has 0 aliphatic rings. The molecule has 1 aromatic heterocycles. The van der Waals surface area contributed by atoms with Crippen LogP contribution in [0.25, 0.3) is 22.0 Å². The normalized spacial score (nSPS) is 10.6. The fraction of sp³-hybridized carbons (Fsp3) is 0. The molecule has 2 N–H and O–H groups in total. The van der Waals surface area contributed by atoms with Gasteiger partial charge in [0.15, 0.2) is 0 Å². The molecule has 17 heavy (non-hydrogen) atoms. The monoisotopic (exact) mass is 220 g/mol. The lowest BCUT2D eigenvalue weighted by Crippen LogP contribution is -1.90. The van der Waals surface area contributed by atoms with Gasteiger partial charge in [-0.3, -0.25) is 4.98 Å². The molecule has 0 spiro atoms. The van der Waals surface area contributed by atoms with E-state index in [0.717, 1.165) is 27.7 Å². The quantitative estimate of drug-likeness (QED) is 0.637. The van der Waals surface area contributed by atoms with Crippen LogP contribution in [0.2, 0.25) is 0 Å². The van der Waals surface area contributed by atoms with E-state index in [9.17, 15) is 0 Å². The maximum absolute atomic E-state index is 5.96. The van der Waals surface area contributed by atoms with Crippen molar-refractivity contribution in [3.8, 4) is 11.1 Å². The number of nitrogen functional groups attached to an aromatic ring is 1. The molecule has 0 saturated heterocycles. The van der Waals surface area contributed by atoms with Gasteiger partial charge in [0.2, 0.25) is 0 Å². The minimum Gasteiger partial charge on any atom is -0.398 e. The highest BCUT2D eigenvalue weighted by Gasteiger charge is 2.06. The third kappa shape index (κ3) is 1.64. The van der Waals surface area contributed by atoms with Crippen LogP contribution in [0.15, 0.2) is 60.8 Å². The van der Waals surface area contributed by atoms with Crippen molar-refractivity contribution >= 4 is 16.6 Å². The Morgan fingerprint density at radius 1 is 0.824 bits per heavy atom. The van der Waals surface area contributed by atoms with Crippen LogP contribution in [-0.4, -0.2) is 4.98 Å². The highest BCUT2D eigenvalue weighted by atomic mass is 14.7. The van der Waals surface area contributed by atoms with Crippen molar-refractivity contribution in [3.05, 3.63) is 60.8 Å². The predicted octanol–water partition coefficient (Wildman–Crippen LogP) is 3.48. The lowest BCUT2D eigenvalue weighted by molar-refractivity contribution is 1.41. The zero-order valence-corrected chi connectivity index (χ0v) is 9.30. The zero-order valence-electron chi connectivity index (χ0n) is 9.30. The Balaban J connectivity index is 2.35. The highest BCUT2D eigenvalue weighted by Crippen LogP contribution is 2.30. The van der Waals surface area contributed by atoms with Crippen molar-refractivity contribution in [2.45, 2.75) is 0 Å². The summed E-state index contributed by atoms with van der Waals surface area (Å²) in [5.41, 5.74) is 9.98. The predicted molar refractivity (Wildman–Crippen MR) is 71.6 cm³/mol.